The van der Waals surface area contributed by atoms with Gasteiger partial charge in [0, 0.05) is 0 Å². The molecule has 2 fully saturated rings. The third kappa shape index (κ3) is 1.29. The Balaban J connectivity index is 1.77. The molecule has 4 nitrogen and oxygen atoms in total. The van der Waals surface area contributed by atoms with Crippen molar-refractivity contribution in [3.8, 4) is 0 Å². The van der Waals surface area contributed by atoms with Gasteiger partial charge in [-0.2, -0.15) is 0 Å². The van der Waals surface area contributed by atoms with E-state index in [9.17, 15) is 9.59 Å². The fraction of sp³-hybridized carbons (Fsp3) is 0.375. The SMILES string of the molecule is Cc1ccc(N2C(=O)[C@@H]3[C@@H]4C=C[C@@](C)(O4)[C@@H]3C2=O)cc1. The lowest BCUT2D eigenvalue weighted by molar-refractivity contribution is -0.126. The summed E-state index contributed by atoms with van der Waals surface area (Å²) in [4.78, 5) is 26.6. The van der Waals surface area contributed by atoms with Gasteiger partial charge in [0.05, 0.1) is 29.2 Å². The molecule has 3 heterocycles. The Kier molecular flexibility index (Phi) is 2.12. The Bertz CT molecular complexity index is 648. The zero-order valence-corrected chi connectivity index (χ0v) is 11.4. The van der Waals surface area contributed by atoms with Gasteiger partial charge in [-0.1, -0.05) is 29.8 Å². The van der Waals surface area contributed by atoms with Gasteiger partial charge in [0.15, 0.2) is 0 Å². The van der Waals surface area contributed by atoms with Crippen LogP contribution in [0.2, 0.25) is 0 Å². The second-order valence-corrected chi connectivity index (χ2v) is 5.98. The van der Waals surface area contributed by atoms with Crippen molar-refractivity contribution in [2.45, 2.75) is 25.6 Å². The second-order valence-electron chi connectivity index (χ2n) is 5.98. The van der Waals surface area contributed by atoms with Crippen molar-refractivity contribution < 1.29 is 14.3 Å². The number of aryl methyl sites for hydroxylation is 1. The molecule has 1 aromatic rings. The highest BCUT2D eigenvalue weighted by Gasteiger charge is 2.65. The van der Waals surface area contributed by atoms with Gasteiger partial charge in [0.1, 0.15) is 0 Å². The lowest BCUT2D eigenvalue weighted by Crippen LogP contribution is -2.38. The molecule has 0 aromatic heterocycles. The number of carbonyl (C=O) groups is 2. The fourth-order valence-electron chi connectivity index (χ4n) is 3.60. The molecule has 0 unspecified atom stereocenters. The summed E-state index contributed by atoms with van der Waals surface area (Å²) in [5.41, 5.74) is 1.13. The third-order valence-corrected chi connectivity index (χ3v) is 4.62. The van der Waals surface area contributed by atoms with Crippen molar-refractivity contribution in [1.29, 1.82) is 0 Å². The van der Waals surface area contributed by atoms with E-state index in [1.165, 1.54) is 4.90 Å². The van der Waals surface area contributed by atoms with E-state index < -0.39 is 5.60 Å². The standard InChI is InChI=1S/C16H15NO3/c1-9-3-5-10(6-4-9)17-14(18)12-11-7-8-16(2,20-11)13(12)15(17)19/h3-8,11-13H,1-2H3/t11-,12+,13-,16+/m0/s1. The third-order valence-electron chi connectivity index (χ3n) is 4.62. The van der Waals surface area contributed by atoms with E-state index in [4.69, 9.17) is 4.74 Å². The van der Waals surface area contributed by atoms with Gasteiger partial charge in [0.2, 0.25) is 11.8 Å². The number of benzene rings is 1. The molecule has 4 heteroatoms. The van der Waals surface area contributed by atoms with Crippen molar-refractivity contribution in [2.24, 2.45) is 11.8 Å². The van der Waals surface area contributed by atoms with E-state index in [1.54, 1.807) is 0 Å². The normalized spacial score (nSPS) is 37.9. The van der Waals surface area contributed by atoms with Crippen LogP contribution in [0.25, 0.3) is 0 Å². The summed E-state index contributed by atoms with van der Waals surface area (Å²) in [6, 6.07) is 7.47. The summed E-state index contributed by atoms with van der Waals surface area (Å²) in [5.74, 6) is -1.02. The van der Waals surface area contributed by atoms with Gasteiger partial charge in [-0.15, -0.1) is 0 Å². The van der Waals surface area contributed by atoms with Crippen LogP contribution in [-0.2, 0) is 14.3 Å². The predicted octanol–water partition coefficient (Wildman–Crippen LogP) is 1.83. The van der Waals surface area contributed by atoms with Gasteiger partial charge in [-0.05, 0) is 26.0 Å². The first-order valence-electron chi connectivity index (χ1n) is 6.83. The monoisotopic (exact) mass is 269 g/mol. The van der Waals surface area contributed by atoms with E-state index in [2.05, 4.69) is 0 Å². The molecule has 1 aromatic carbocycles. The zero-order valence-electron chi connectivity index (χ0n) is 11.4. The van der Waals surface area contributed by atoms with Gasteiger partial charge >= 0.3 is 0 Å². The van der Waals surface area contributed by atoms with E-state index in [0.717, 1.165) is 5.56 Å². The Labute approximate surface area is 117 Å². The second kappa shape index (κ2) is 3.58. The lowest BCUT2D eigenvalue weighted by atomic mass is 9.78. The molecule has 2 bridgehead atoms. The van der Waals surface area contributed by atoms with E-state index in [-0.39, 0.29) is 29.8 Å². The van der Waals surface area contributed by atoms with Crippen LogP contribution >= 0.6 is 0 Å². The van der Waals surface area contributed by atoms with Crippen LogP contribution in [0.1, 0.15) is 12.5 Å². The first-order chi connectivity index (χ1) is 9.51. The molecular weight excluding hydrogens is 254 g/mol. The average molecular weight is 269 g/mol. The van der Waals surface area contributed by atoms with Crippen LogP contribution < -0.4 is 4.90 Å². The molecule has 0 N–H and O–H groups in total. The van der Waals surface area contributed by atoms with E-state index >= 15 is 0 Å². The Morgan fingerprint density at radius 2 is 1.85 bits per heavy atom. The number of hydrogen-bond acceptors (Lipinski definition) is 3. The number of imide groups is 1. The number of ether oxygens (including phenoxy) is 1. The maximum atomic E-state index is 12.7. The first-order valence-corrected chi connectivity index (χ1v) is 6.83. The fourth-order valence-corrected chi connectivity index (χ4v) is 3.60. The summed E-state index contributed by atoms with van der Waals surface area (Å²) in [6.07, 6.45) is 3.57. The molecule has 102 valence electrons. The largest absolute Gasteiger partial charge is 0.362 e. The number of carbonyl (C=O) groups excluding carboxylic acids is 2. The smallest absolute Gasteiger partial charge is 0.241 e. The average Bonchev–Trinajstić information content (AvgIpc) is 3.01. The molecule has 3 aliphatic rings. The van der Waals surface area contributed by atoms with Crippen LogP contribution in [0.4, 0.5) is 5.69 Å². The Morgan fingerprint density at radius 1 is 1.15 bits per heavy atom. The van der Waals surface area contributed by atoms with Crippen LogP contribution in [0, 0.1) is 18.8 Å². The molecule has 4 atom stereocenters. The van der Waals surface area contributed by atoms with Gasteiger partial charge in [-0.25, -0.2) is 4.90 Å². The highest BCUT2D eigenvalue weighted by Crippen LogP contribution is 2.52. The highest BCUT2D eigenvalue weighted by molar-refractivity contribution is 6.23. The maximum absolute atomic E-state index is 12.7. The number of hydrogen-bond donors (Lipinski definition) is 0. The molecule has 20 heavy (non-hydrogen) atoms. The van der Waals surface area contributed by atoms with Gasteiger partial charge in [-0.3, -0.25) is 9.59 Å². The van der Waals surface area contributed by atoms with E-state index in [1.807, 2.05) is 50.3 Å². The van der Waals surface area contributed by atoms with Crippen molar-refractivity contribution in [3.05, 3.63) is 42.0 Å². The molecule has 2 saturated heterocycles. The molecule has 4 rings (SSSR count). The predicted molar refractivity (Wildman–Crippen MR) is 73.1 cm³/mol. The number of anilines is 1. The highest BCUT2D eigenvalue weighted by atomic mass is 16.5. The quantitative estimate of drug-likeness (QED) is 0.577. The Morgan fingerprint density at radius 3 is 2.50 bits per heavy atom. The summed E-state index contributed by atoms with van der Waals surface area (Å²) in [6.45, 7) is 3.86. The van der Waals surface area contributed by atoms with Crippen molar-refractivity contribution in [3.63, 3.8) is 0 Å². The number of amides is 2. The summed E-state index contributed by atoms with van der Waals surface area (Å²) >= 11 is 0. The molecule has 0 saturated carbocycles. The number of fused-ring (bicyclic) bond motifs is 5. The number of nitrogens with zero attached hydrogens (tertiary/aromatic N) is 1. The molecular formula is C16H15NO3. The summed E-state index contributed by atoms with van der Waals surface area (Å²) in [5, 5.41) is 0. The first kappa shape index (κ1) is 11.9. The van der Waals surface area contributed by atoms with Crippen molar-refractivity contribution in [2.75, 3.05) is 4.90 Å². The lowest BCUT2D eigenvalue weighted by Gasteiger charge is -2.24. The van der Waals surface area contributed by atoms with Crippen LogP contribution in [0.3, 0.4) is 0 Å². The molecule has 3 aliphatic heterocycles. The summed E-state index contributed by atoms with van der Waals surface area (Å²) < 4.78 is 5.79. The summed E-state index contributed by atoms with van der Waals surface area (Å²) in [7, 11) is 0. The van der Waals surface area contributed by atoms with Gasteiger partial charge in [0.25, 0.3) is 0 Å². The van der Waals surface area contributed by atoms with Crippen LogP contribution in [-0.4, -0.2) is 23.5 Å². The van der Waals surface area contributed by atoms with Gasteiger partial charge < -0.3 is 4.74 Å². The maximum Gasteiger partial charge on any atom is 0.241 e. The minimum Gasteiger partial charge on any atom is -0.362 e. The van der Waals surface area contributed by atoms with Crippen molar-refractivity contribution in [1.82, 2.24) is 0 Å². The number of rotatable bonds is 1. The molecule has 0 spiro atoms. The van der Waals surface area contributed by atoms with Crippen LogP contribution in [0.15, 0.2) is 36.4 Å². The zero-order chi connectivity index (χ0) is 14.1. The minimum absolute atomic E-state index is 0.137. The molecule has 0 aliphatic carbocycles. The topological polar surface area (TPSA) is 46.6 Å². The molecule has 0 radical (unpaired) electrons. The van der Waals surface area contributed by atoms with E-state index in [0.29, 0.717) is 5.69 Å². The Hall–Kier alpha value is -1.94. The molecule has 2 amide bonds. The minimum atomic E-state index is -0.623. The van der Waals surface area contributed by atoms with Crippen LogP contribution in [0.5, 0.6) is 0 Å². The van der Waals surface area contributed by atoms with Crippen molar-refractivity contribution >= 4 is 17.5 Å².